The quantitative estimate of drug-likeness (QED) is 0.357. The van der Waals surface area contributed by atoms with Gasteiger partial charge in [-0.1, -0.05) is 0 Å². The van der Waals surface area contributed by atoms with Gasteiger partial charge in [-0.05, 0) is 24.3 Å². The van der Waals surface area contributed by atoms with E-state index in [9.17, 15) is 4.79 Å². The minimum atomic E-state index is -0.461. The molecule has 1 amide bonds. The summed E-state index contributed by atoms with van der Waals surface area (Å²) < 4.78 is 0. The van der Waals surface area contributed by atoms with E-state index in [2.05, 4.69) is 0 Å². The van der Waals surface area contributed by atoms with Crippen LogP contribution in [0.1, 0.15) is 15.9 Å². The number of hydrogen-bond acceptors (Lipinski definition) is 1. The van der Waals surface area contributed by atoms with E-state index < -0.39 is 5.91 Å². The fourth-order valence-electron chi connectivity index (χ4n) is 0.827. The highest BCUT2D eigenvalue weighted by Gasteiger charge is 2.02. The predicted octanol–water partition coefficient (Wildman–Crippen LogP) is -1.75. The lowest BCUT2D eigenvalue weighted by atomic mass is 10.1. The molecule has 62 valence electrons. The zero-order valence-electron chi connectivity index (χ0n) is 6.45. The molecule has 0 aliphatic carbocycles. The minimum Gasteiger partial charge on any atom is -0.366 e. The number of amides is 1. The molecule has 0 spiro atoms. The third-order valence-corrected chi connectivity index (χ3v) is 1.50. The number of carbonyl (C=O) groups excluding carboxylic acids is 1. The average molecular weight is 164 g/mol. The molecule has 0 bridgehead atoms. The van der Waals surface area contributed by atoms with Gasteiger partial charge in [0, 0.05) is 5.56 Å². The number of amidine groups is 1. The van der Waals surface area contributed by atoms with Crippen molar-refractivity contribution in [1.82, 2.24) is 0 Å². The fourth-order valence-corrected chi connectivity index (χ4v) is 0.827. The van der Waals surface area contributed by atoms with Crippen LogP contribution in [0, 0.1) is 0 Å². The summed E-state index contributed by atoms with van der Waals surface area (Å²) in [4.78, 5) is 10.6. The Kier molecular flexibility index (Phi) is 2.09. The Labute approximate surface area is 69.7 Å². The number of benzene rings is 1. The van der Waals surface area contributed by atoms with Crippen LogP contribution in [0.3, 0.4) is 0 Å². The first-order valence-corrected chi connectivity index (χ1v) is 3.39. The molecular weight excluding hydrogens is 154 g/mol. The van der Waals surface area contributed by atoms with Crippen molar-refractivity contribution in [2.24, 2.45) is 11.5 Å². The molecule has 0 fully saturated rings. The molecule has 0 aliphatic rings. The molecular formula is C8H10N3O+. The van der Waals surface area contributed by atoms with Crippen LogP contribution in [0.2, 0.25) is 0 Å². The molecule has 1 aromatic rings. The van der Waals surface area contributed by atoms with E-state index in [0.717, 1.165) is 0 Å². The molecule has 1 rings (SSSR count). The summed E-state index contributed by atoms with van der Waals surface area (Å²) >= 11 is 0. The summed E-state index contributed by atoms with van der Waals surface area (Å²) in [6.45, 7) is 0. The molecule has 4 heteroatoms. The molecule has 0 saturated carbocycles. The van der Waals surface area contributed by atoms with Crippen molar-refractivity contribution in [3.05, 3.63) is 35.4 Å². The number of nitrogens with two attached hydrogens (primary N) is 3. The maximum Gasteiger partial charge on any atom is 0.270 e. The number of carbonyl (C=O) groups is 1. The SMILES string of the molecule is NC(=[NH2+])c1ccc(C(N)=O)cc1. The van der Waals surface area contributed by atoms with Crippen LogP contribution < -0.4 is 16.9 Å². The highest BCUT2D eigenvalue weighted by molar-refractivity contribution is 5.96. The van der Waals surface area contributed by atoms with Gasteiger partial charge in [0.1, 0.15) is 0 Å². The van der Waals surface area contributed by atoms with E-state index in [0.29, 0.717) is 11.1 Å². The van der Waals surface area contributed by atoms with Gasteiger partial charge in [0.05, 0.1) is 5.56 Å². The molecule has 0 aliphatic heterocycles. The summed E-state index contributed by atoms with van der Waals surface area (Å²) in [6, 6.07) is 6.46. The van der Waals surface area contributed by atoms with Crippen LogP contribution in [0.25, 0.3) is 0 Å². The molecule has 0 unspecified atom stereocenters. The largest absolute Gasteiger partial charge is 0.366 e. The van der Waals surface area contributed by atoms with Gasteiger partial charge in [-0.3, -0.25) is 15.9 Å². The third-order valence-electron chi connectivity index (χ3n) is 1.50. The van der Waals surface area contributed by atoms with Crippen molar-refractivity contribution in [3.63, 3.8) is 0 Å². The zero-order valence-corrected chi connectivity index (χ0v) is 6.45. The van der Waals surface area contributed by atoms with E-state index in [1.807, 2.05) is 0 Å². The van der Waals surface area contributed by atoms with Gasteiger partial charge in [-0.2, -0.15) is 0 Å². The number of primary amides is 1. The predicted molar refractivity (Wildman–Crippen MR) is 45.2 cm³/mol. The Bertz CT molecular complexity index is 283. The van der Waals surface area contributed by atoms with Crippen molar-refractivity contribution in [1.29, 1.82) is 0 Å². The van der Waals surface area contributed by atoms with Crippen LogP contribution in [-0.4, -0.2) is 11.7 Å². The van der Waals surface area contributed by atoms with Crippen LogP contribution >= 0.6 is 0 Å². The second-order valence-electron chi connectivity index (χ2n) is 2.40. The lowest BCUT2D eigenvalue weighted by Crippen LogP contribution is -2.46. The molecule has 0 aromatic heterocycles. The van der Waals surface area contributed by atoms with Crippen LogP contribution in [0.15, 0.2) is 24.3 Å². The van der Waals surface area contributed by atoms with Gasteiger partial charge >= 0.3 is 0 Å². The normalized spacial score (nSPS) is 9.33. The van der Waals surface area contributed by atoms with Crippen molar-refractivity contribution in [3.8, 4) is 0 Å². The van der Waals surface area contributed by atoms with Crippen molar-refractivity contribution in [2.45, 2.75) is 0 Å². The number of hydrogen-bond donors (Lipinski definition) is 3. The molecule has 0 saturated heterocycles. The van der Waals surface area contributed by atoms with E-state index in [1.165, 1.54) is 0 Å². The highest BCUT2D eigenvalue weighted by atomic mass is 16.1. The van der Waals surface area contributed by atoms with Crippen molar-refractivity contribution >= 4 is 11.7 Å². The molecule has 6 N–H and O–H groups in total. The summed E-state index contributed by atoms with van der Waals surface area (Å²) in [5.41, 5.74) is 11.5. The molecule has 0 radical (unpaired) electrons. The maximum atomic E-state index is 10.6. The zero-order chi connectivity index (χ0) is 9.14. The van der Waals surface area contributed by atoms with E-state index in [-0.39, 0.29) is 5.84 Å². The second kappa shape index (κ2) is 3.04. The summed E-state index contributed by atoms with van der Waals surface area (Å²) in [5.74, 6) is -0.233. The van der Waals surface area contributed by atoms with Crippen molar-refractivity contribution < 1.29 is 10.2 Å². The Morgan fingerprint density at radius 1 is 1.08 bits per heavy atom. The van der Waals surface area contributed by atoms with Crippen LogP contribution in [0.4, 0.5) is 0 Å². The Balaban J connectivity index is 3.01. The average Bonchev–Trinajstić information content (AvgIpc) is 2.04. The first-order valence-electron chi connectivity index (χ1n) is 3.39. The fraction of sp³-hybridized carbons (Fsp3) is 0. The molecule has 0 atom stereocenters. The van der Waals surface area contributed by atoms with Gasteiger partial charge in [-0.25, -0.2) is 0 Å². The first kappa shape index (κ1) is 8.26. The first-order chi connectivity index (χ1) is 5.61. The Hall–Kier alpha value is -1.84. The van der Waals surface area contributed by atoms with Crippen LogP contribution in [0.5, 0.6) is 0 Å². The minimum absolute atomic E-state index is 0.228. The smallest absolute Gasteiger partial charge is 0.270 e. The van der Waals surface area contributed by atoms with Gasteiger partial charge < -0.3 is 5.73 Å². The standard InChI is InChI=1S/C8H9N3O/c9-7(10)5-1-3-6(4-2-5)8(11)12/h1-4H,(H3,9,10)(H2,11,12)/p+1. The van der Waals surface area contributed by atoms with E-state index >= 15 is 0 Å². The van der Waals surface area contributed by atoms with Gasteiger partial charge in [0.25, 0.3) is 5.84 Å². The van der Waals surface area contributed by atoms with Gasteiger partial charge in [0.15, 0.2) is 0 Å². The topological polar surface area (TPSA) is 94.7 Å². The summed E-state index contributed by atoms with van der Waals surface area (Å²) in [6.07, 6.45) is 0. The lowest BCUT2D eigenvalue weighted by Gasteiger charge is -1.95. The molecule has 4 nitrogen and oxygen atoms in total. The second-order valence-corrected chi connectivity index (χ2v) is 2.40. The number of rotatable bonds is 2. The third kappa shape index (κ3) is 1.60. The molecule has 0 heterocycles. The monoisotopic (exact) mass is 164 g/mol. The van der Waals surface area contributed by atoms with E-state index in [1.54, 1.807) is 24.3 Å². The summed E-state index contributed by atoms with van der Waals surface area (Å²) in [7, 11) is 0. The van der Waals surface area contributed by atoms with Crippen LogP contribution in [-0.2, 0) is 0 Å². The maximum absolute atomic E-state index is 10.6. The van der Waals surface area contributed by atoms with E-state index in [4.69, 9.17) is 16.9 Å². The van der Waals surface area contributed by atoms with Gasteiger partial charge in [0.2, 0.25) is 5.91 Å². The highest BCUT2D eigenvalue weighted by Crippen LogP contribution is 2.01. The molecule has 1 aromatic carbocycles. The lowest BCUT2D eigenvalue weighted by molar-refractivity contribution is -0.114. The molecule has 12 heavy (non-hydrogen) atoms. The van der Waals surface area contributed by atoms with Crippen molar-refractivity contribution in [2.75, 3.05) is 0 Å². The Morgan fingerprint density at radius 3 is 1.83 bits per heavy atom. The summed E-state index contributed by atoms with van der Waals surface area (Å²) in [5, 5.41) is 5.32. The Morgan fingerprint density at radius 2 is 1.50 bits per heavy atom. The van der Waals surface area contributed by atoms with Gasteiger partial charge in [-0.15, -0.1) is 0 Å².